The van der Waals surface area contributed by atoms with Gasteiger partial charge in [0.2, 0.25) is 0 Å². The molecule has 3 aromatic carbocycles. The van der Waals surface area contributed by atoms with E-state index in [2.05, 4.69) is 5.32 Å². The molecule has 3 N–H and O–H groups in total. The molecule has 4 amide bonds. The van der Waals surface area contributed by atoms with Crippen LogP contribution in [-0.4, -0.2) is 34.5 Å². The van der Waals surface area contributed by atoms with Crippen LogP contribution in [0.2, 0.25) is 0 Å². The van der Waals surface area contributed by atoms with Crippen LogP contribution in [0.4, 0.5) is 9.18 Å². The van der Waals surface area contributed by atoms with Crippen molar-refractivity contribution in [2.24, 2.45) is 0 Å². The van der Waals surface area contributed by atoms with Crippen LogP contribution in [0.25, 0.3) is 6.08 Å². The predicted molar refractivity (Wildman–Crippen MR) is 125 cm³/mol. The van der Waals surface area contributed by atoms with Crippen molar-refractivity contribution in [1.82, 2.24) is 15.7 Å². The zero-order valence-electron chi connectivity index (χ0n) is 18.3. The van der Waals surface area contributed by atoms with Crippen LogP contribution in [0, 0.1) is 5.82 Å². The van der Waals surface area contributed by atoms with Crippen LogP contribution in [0.3, 0.4) is 0 Å². The molecule has 0 aromatic heterocycles. The fraction of sp³-hybridized carbons (Fsp3) is 0.115. The minimum atomic E-state index is -0.646. The Bertz CT molecular complexity index is 1160. The molecule has 0 aliphatic carbocycles. The standard InChI is InChI=1S/C26H24FN3O4/c27-23-8-4-5-20(17-23)15-16-30(26(33)28-25(32)22-6-2-1-3-7-22)18-21-11-9-19(10-12-21)13-14-24(31)29-34/h1-14,17,34H,15-16,18H2,(H,29,31)(H,28,32,33). The number of nitrogens with zero attached hydrogens (tertiary/aromatic N) is 1. The fourth-order valence-electron chi connectivity index (χ4n) is 3.21. The van der Waals surface area contributed by atoms with Crippen molar-refractivity contribution in [3.05, 3.63) is 113 Å². The second-order valence-corrected chi connectivity index (χ2v) is 7.48. The number of nitrogens with one attached hydrogen (secondary N) is 2. The van der Waals surface area contributed by atoms with Gasteiger partial charge in [-0.05, 0) is 53.5 Å². The number of imide groups is 1. The lowest BCUT2D eigenvalue weighted by Crippen LogP contribution is -2.43. The molecule has 0 unspecified atom stereocenters. The molecule has 3 aromatic rings. The molecule has 0 saturated carbocycles. The summed E-state index contributed by atoms with van der Waals surface area (Å²) in [5, 5.41) is 11.0. The molecule has 0 spiro atoms. The maximum atomic E-state index is 13.5. The number of hydrogen-bond acceptors (Lipinski definition) is 4. The number of carbonyl (C=O) groups is 3. The van der Waals surface area contributed by atoms with Crippen molar-refractivity contribution in [3.63, 3.8) is 0 Å². The summed E-state index contributed by atoms with van der Waals surface area (Å²) in [6.07, 6.45) is 3.12. The highest BCUT2D eigenvalue weighted by molar-refractivity contribution is 6.04. The first-order valence-corrected chi connectivity index (χ1v) is 10.6. The lowest BCUT2D eigenvalue weighted by atomic mass is 10.1. The zero-order chi connectivity index (χ0) is 24.3. The lowest BCUT2D eigenvalue weighted by Gasteiger charge is -2.23. The van der Waals surface area contributed by atoms with Crippen molar-refractivity contribution < 1.29 is 24.0 Å². The molecule has 0 aliphatic rings. The first-order valence-electron chi connectivity index (χ1n) is 10.6. The SMILES string of the molecule is O=C(C=Cc1ccc(CN(CCc2cccc(F)c2)C(=O)NC(=O)c2ccccc2)cc1)NO. The summed E-state index contributed by atoms with van der Waals surface area (Å²) < 4.78 is 13.5. The molecule has 0 fully saturated rings. The van der Waals surface area contributed by atoms with Crippen LogP contribution < -0.4 is 10.8 Å². The van der Waals surface area contributed by atoms with Gasteiger partial charge in [-0.1, -0.05) is 54.6 Å². The van der Waals surface area contributed by atoms with Gasteiger partial charge in [0.05, 0.1) is 0 Å². The average molecular weight is 461 g/mol. The van der Waals surface area contributed by atoms with Gasteiger partial charge in [0.15, 0.2) is 0 Å². The first-order chi connectivity index (χ1) is 16.4. The Morgan fingerprint density at radius 2 is 1.65 bits per heavy atom. The molecule has 7 nitrogen and oxygen atoms in total. The van der Waals surface area contributed by atoms with Gasteiger partial charge in [-0.2, -0.15) is 0 Å². The van der Waals surface area contributed by atoms with E-state index in [1.165, 1.54) is 34.7 Å². The van der Waals surface area contributed by atoms with Gasteiger partial charge < -0.3 is 4.90 Å². The van der Waals surface area contributed by atoms with Gasteiger partial charge in [0, 0.05) is 24.7 Å². The van der Waals surface area contributed by atoms with E-state index in [9.17, 15) is 18.8 Å². The number of urea groups is 1. The van der Waals surface area contributed by atoms with Crippen LogP contribution in [0.15, 0.2) is 84.9 Å². The first kappa shape index (κ1) is 24.3. The Labute approximate surface area is 196 Å². The summed E-state index contributed by atoms with van der Waals surface area (Å²) in [5.41, 5.74) is 4.13. The molecule has 0 radical (unpaired) electrons. The molecule has 34 heavy (non-hydrogen) atoms. The topological polar surface area (TPSA) is 98.7 Å². The number of benzene rings is 3. The maximum absolute atomic E-state index is 13.5. The Morgan fingerprint density at radius 3 is 2.32 bits per heavy atom. The van der Waals surface area contributed by atoms with E-state index in [-0.39, 0.29) is 18.9 Å². The van der Waals surface area contributed by atoms with E-state index in [0.29, 0.717) is 12.0 Å². The van der Waals surface area contributed by atoms with Crippen LogP contribution in [-0.2, 0) is 17.8 Å². The molecule has 8 heteroatoms. The summed E-state index contributed by atoms with van der Waals surface area (Å²) in [5.74, 6) is -1.51. The molecule has 0 saturated heterocycles. The summed E-state index contributed by atoms with van der Waals surface area (Å²) in [7, 11) is 0. The summed E-state index contributed by atoms with van der Waals surface area (Å²) >= 11 is 0. The number of rotatable bonds is 8. The van der Waals surface area contributed by atoms with Crippen LogP contribution in [0.5, 0.6) is 0 Å². The number of carbonyl (C=O) groups excluding carboxylic acids is 3. The molecule has 0 atom stereocenters. The minimum absolute atomic E-state index is 0.213. The summed E-state index contributed by atoms with van der Waals surface area (Å²) in [6.45, 7) is 0.472. The Balaban J connectivity index is 1.72. The van der Waals surface area contributed by atoms with Gasteiger partial charge in [0.25, 0.3) is 11.8 Å². The van der Waals surface area contributed by atoms with Crippen molar-refractivity contribution in [2.45, 2.75) is 13.0 Å². The lowest BCUT2D eigenvalue weighted by molar-refractivity contribution is -0.124. The number of halogens is 1. The van der Waals surface area contributed by atoms with Gasteiger partial charge in [-0.3, -0.25) is 20.1 Å². The minimum Gasteiger partial charge on any atom is -0.320 e. The molecule has 174 valence electrons. The number of hydroxylamine groups is 1. The van der Waals surface area contributed by atoms with Crippen molar-refractivity contribution in [2.75, 3.05) is 6.54 Å². The molecule has 0 bridgehead atoms. The molecule has 0 heterocycles. The molecular formula is C26H24FN3O4. The predicted octanol–water partition coefficient (Wildman–Crippen LogP) is 3.94. The van der Waals surface area contributed by atoms with Crippen molar-refractivity contribution in [1.29, 1.82) is 0 Å². The summed E-state index contributed by atoms with van der Waals surface area (Å²) in [6, 6.07) is 21.1. The van der Waals surface area contributed by atoms with E-state index in [4.69, 9.17) is 5.21 Å². The quantitative estimate of drug-likeness (QED) is 0.269. The summed E-state index contributed by atoms with van der Waals surface area (Å²) in [4.78, 5) is 38.0. The van der Waals surface area contributed by atoms with E-state index < -0.39 is 17.8 Å². The van der Waals surface area contributed by atoms with Gasteiger partial charge in [-0.15, -0.1) is 0 Å². The second kappa shape index (κ2) is 12.1. The van der Waals surface area contributed by atoms with Gasteiger partial charge >= 0.3 is 6.03 Å². The largest absolute Gasteiger partial charge is 0.324 e. The second-order valence-electron chi connectivity index (χ2n) is 7.48. The number of hydrogen-bond donors (Lipinski definition) is 3. The normalized spacial score (nSPS) is 10.6. The Hall–Kier alpha value is -4.30. The van der Waals surface area contributed by atoms with E-state index in [0.717, 1.165) is 16.7 Å². The molecular weight excluding hydrogens is 437 g/mol. The molecule has 0 aliphatic heterocycles. The van der Waals surface area contributed by atoms with Crippen LogP contribution >= 0.6 is 0 Å². The maximum Gasteiger partial charge on any atom is 0.324 e. The third-order valence-corrected chi connectivity index (χ3v) is 4.99. The average Bonchev–Trinajstić information content (AvgIpc) is 2.86. The van der Waals surface area contributed by atoms with E-state index in [1.807, 2.05) is 0 Å². The van der Waals surface area contributed by atoms with E-state index >= 15 is 0 Å². The Kier molecular flexibility index (Phi) is 8.65. The Morgan fingerprint density at radius 1 is 0.912 bits per heavy atom. The molecule has 3 rings (SSSR count). The smallest absolute Gasteiger partial charge is 0.320 e. The van der Waals surface area contributed by atoms with E-state index in [1.54, 1.807) is 66.7 Å². The zero-order valence-corrected chi connectivity index (χ0v) is 18.3. The highest BCUT2D eigenvalue weighted by Gasteiger charge is 2.18. The van der Waals surface area contributed by atoms with Crippen LogP contribution in [0.1, 0.15) is 27.0 Å². The highest BCUT2D eigenvalue weighted by atomic mass is 19.1. The van der Waals surface area contributed by atoms with Crippen molar-refractivity contribution >= 4 is 23.9 Å². The van der Waals surface area contributed by atoms with Crippen molar-refractivity contribution in [3.8, 4) is 0 Å². The monoisotopic (exact) mass is 461 g/mol. The van der Waals surface area contributed by atoms with Gasteiger partial charge in [0.1, 0.15) is 5.82 Å². The third-order valence-electron chi connectivity index (χ3n) is 4.99. The van der Waals surface area contributed by atoms with Gasteiger partial charge in [-0.25, -0.2) is 14.7 Å². The highest BCUT2D eigenvalue weighted by Crippen LogP contribution is 2.12. The third kappa shape index (κ3) is 7.39. The number of amides is 4. The fourth-order valence-corrected chi connectivity index (χ4v) is 3.21.